The average Bonchev–Trinajstić information content (AvgIpc) is 2.87. The summed E-state index contributed by atoms with van der Waals surface area (Å²) in [6, 6.07) is 9.60. The number of hydrogen-bond acceptors (Lipinski definition) is 4. The Labute approximate surface area is 163 Å². The van der Waals surface area contributed by atoms with Crippen LogP contribution < -0.4 is 10.1 Å². The Morgan fingerprint density at radius 3 is 2.62 bits per heavy atom. The Morgan fingerprint density at radius 1 is 1.27 bits per heavy atom. The van der Waals surface area contributed by atoms with Crippen molar-refractivity contribution in [3.8, 4) is 11.5 Å². The Balaban J connectivity index is 1.85. The molecule has 0 unspecified atom stereocenters. The average molecular weight is 438 g/mol. The van der Waals surface area contributed by atoms with Crippen LogP contribution in [-0.2, 0) is 11.3 Å². The summed E-state index contributed by atoms with van der Waals surface area (Å²) in [4.78, 5) is 25.8. The number of phenols is 1. The van der Waals surface area contributed by atoms with Crippen LogP contribution in [0.1, 0.15) is 11.1 Å². The van der Waals surface area contributed by atoms with Crippen molar-refractivity contribution in [2.45, 2.75) is 6.54 Å². The molecule has 2 aromatic rings. The van der Waals surface area contributed by atoms with Crippen LogP contribution in [0.4, 0.5) is 4.79 Å². The second kappa shape index (κ2) is 7.39. The number of ether oxygens (including phenoxy) is 1. The van der Waals surface area contributed by atoms with Crippen molar-refractivity contribution < 1.29 is 19.4 Å². The molecule has 0 radical (unpaired) electrons. The number of benzene rings is 2. The molecule has 0 saturated carbocycles. The van der Waals surface area contributed by atoms with Crippen LogP contribution >= 0.6 is 27.5 Å². The van der Waals surface area contributed by atoms with E-state index in [2.05, 4.69) is 21.2 Å². The van der Waals surface area contributed by atoms with Crippen LogP contribution in [0.3, 0.4) is 0 Å². The highest BCUT2D eigenvalue weighted by Gasteiger charge is 2.33. The number of carbonyl (C=O) groups is 2. The van der Waals surface area contributed by atoms with Gasteiger partial charge in [0, 0.05) is 5.02 Å². The zero-order valence-electron chi connectivity index (χ0n) is 13.6. The number of phenolic OH excluding ortho intramolecular Hbond substituents is 1. The number of methoxy groups -OCH3 is 1. The molecule has 1 heterocycles. The molecule has 1 saturated heterocycles. The molecule has 1 fully saturated rings. The lowest BCUT2D eigenvalue weighted by Gasteiger charge is -2.11. The Bertz CT molecular complexity index is 912. The maximum Gasteiger partial charge on any atom is 0.329 e. The molecule has 134 valence electrons. The van der Waals surface area contributed by atoms with Crippen molar-refractivity contribution in [2.24, 2.45) is 0 Å². The molecule has 1 aliphatic heterocycles. The van der Waals surface area contributed by atoms with E-state index in [1.807, 2.05) is 0 Å². The van der Waals surface area contributed by atoms with Crippen molar-refractivity contribution in [1.29, 1.82) is 0 Å². The van der Waals surface area contributed by atoms with Crippen LogP contribution in [0.15, 0.2) is 46.6 Å². The molecule has 6 nitrogen and oxygen atoms in total. The third kappa shape index (κ3) is 3.68. The van der Waals surface area contributed by atoms with E-state index >= 15 is 0 Å². The Hall–Kier alpha value is -2.51. The number of nitrogens with one attached hydrogen (secondary N) is 1. The lowest BCUT2D eigenvalue weighted by Crippen LogP contribution is -2.30. The van der Waals surface area contributed by atoms with Crippen LogP contribution in [0.2, 0.25) is 5.02 Å². The van der Waals surface area contributed by atoms with Crippen LogP contribution in [0.25, 0.3) is 6.08 Å². The molecule has 2 aromatic carbocycles. The summed E-state index contributed by atoms with van der Waals surface area (Å²) in [6.07, 6.45) is 1.52. The van der Waals surface area contributed by atoms with Gasteiger partial charge in [-0.1, -0.05) is 23.7 Å². The number of urea groups is 1. The SMILES string of the molecule is COc1cc(/C=C2\NC(=O)N(Cc3ccc(Cl)cc3)C2=O)cc(Br)c1O. The molecule has 8 heteroatoms. The number of halogens is 2. The standard InChI is InChI=1S/C18H14BrClN2O4/c1-26-15-8-11(6-13(19)16(15)23)7-14-17(24)22(18(25)21-14)9-10-2-4-12(20)5-3-10/h2-8,23H,9H2,1H3,(H,21,25)/b14-7-. The van der Waals surface area contributed by atoms with Gasteiger partial charge in [-0.25, -0.2) is 4.79 Å². The zero-order valence-corrected chi connectivity index (χ0v) is 16.0. The van der Waals surface area contributed by atoms with Gasteiger partial charge >= 0.3 is 6.03 Å². The van der Waals surface area contributed by atoms with Crippen molar-refractivity contribution >= 4 is 45.5 Å². The fourth-order valence-corrected chi connectivity index (χ4v) is 3.07. The summed E-state index contributed by atoms with van der Waals surface area (Å²) in [7, 11) is 1.43. The number of nitrogens with zero attached hydrogens (tertiary/aromatic N) is 1. The molecule has 2 N–H and O–H groups in total. The maximum absolute atomic E-state index is 12.6. The quantitative estimate of drug-likeness (QED) is 0.561. The number of amides is 3. The topological polar surface area (TPSA) is 78.9 Å². The van der Waals surface area contributed by atoms with Crippen LogP contribution in [0, 0.1) is 0 Å². The van der Waals surface area contributed by atoms with Gasteiger partial charge in [0.05, 0.1) is 18.1 Å². The van der Waals surface area contributed by atoms with Crippen molar-refractivity contribution in [1.82, 2.24) is 10.2 Å². The van der Waals surface area contributed by atoms with Gasteiger partial charge in [-0.05, 0) is 57.4 Å². The Morgan fingerprint density at radius 2 is 1.96 bits per heavy atom. The van der Waals surface area contributed by atoms with Crippen molar-refractivity contribution in [3.63, 3.8) is 0 Å². The Kier molecular flexibility index (Phi) is 5.20. The maximum atomic E-state index is 12.6. The van der Waals surface area contributed by atoms with E-state index in [1.165, 1.54) is 13.2 Å². The van der Waals surface area contributed by atoms with Crippen molar-refractivity contribution in [2.75, 3.05) is 7.11 Å². The van der Waals surface area contributed by atoms with E-state index in [1.54, 1.807) is 36.4 Å². The minimum absolute atomic E-state index is 0.0409. The largest absolute Gasteiger partial charge is 0.503 e. The minimum atomic E-state index is -0.499. The highest BCUT2D eigenvalue weighted by atomic mass is 79.9. The predicted octanol–water partition coefficient (Wildman–Crippen LogP) is 3.91. The van der Waals surface area contributed by atoms with Gasteiger partial charge < -0.3 is 15.2 Å². The molecule has 1 aliphatic rings. The first kappa shape index (κ1) is 18.3. The van der Waals surface area contributed by atoms with Gasteiger partial charge in [-0.3, -0.25) is 9.69 Å². The molecule has 3 amide bonds. The second-order valence-corrected chi connectivity index (χ2v) is 6.85. The summed E-state index contributed by atoms with van der Waals surface area (Å²) in [5.41, 5.74) is 1.51. The molecule has 26 heavy (non-hydrogen) atoms. The summed E-state index contributed by atoms with van der Waals surface area (Å²) in [5.74, 6) is -0.227. The molecule has 0 bridgehead atoms. The van der Waals surface area contributed by atoms with E-state index in [0.29, 0.717) is 15.1 Å². The molecule has 3 rings (SSSR count). The highest BCUT2D eigenvalue weighted by Crippen LogP contribution is 2.36. The van der Waals surface area contributed by atoms with Gasteiger partial charge in [0.25, 0.3) is 5.91 Å². The summed E-state index contributed by atoms with van der Waals surface area (Å²) >= 11 is 9.07. The first-order valence-electron chi connectivity index (χ1n) is 7.54. The predicted molar refractivity (Wildman–Crippen MR) is 101 cm³/mol. The summed E-state index contributed by atoms with van der Waals surface area (Å²) in [6.45, 7) is 0.141. The molecule has 0 aliphatic carbocycles. The van der Waals surface area contributed by atoms with Gasteiger partial charge in [0.1, 0.15) is 5.70 Å². The van der Waals surface area contributed by atoms with Crippen molar-refractivity contribution in [3.05, 3.63) is 62.7 Å². The zero-order chi connectivity index (χ0) is 18.8. The third-order valence-electron chi connectivity index (χ3n) is 3.80. The molecule has 0 atom stereocenters. The normalized spacial score (nSPS) is 15.5. The summed E-state index contributed by atoms with van der Waals surface area (Å²) < 4.78 is 5.50. The molecule has 0 aromatic heterocycles. The number of imide groups is 1. The number of hydrogen-bond donors (Lipinski definition) is 2. The first-order chi connectivity index (χ1) is 12.4. The fourth-order valence-electron chi connectivity index (χ4n) is 2.49. The highest BCUT2D eigenvalue weighted by molar-refractivity contribution is 9.10. The van der Waals surface area contributed by atoms with Gasteiger partial charge in [0.2, 0.25) is 0 Å². The van der Waals surface area contributed by atoms with Crippen LogP contribution in [0.5, 0.6) is 11.5 Å². The summed E-state index contributed by atoms with van der Waals surface area (Å²) in [5, 5.41) is 13.0. The molecule has 0 spiro atoms. The van der Waals surface area contributed by atoms with E-state index < -0.39 is 11.9 Å². The number of aromatic hydroxyl groups is 1. The second-order valence-electron chi connectivity index (χ2n) is 5.56. The first-order valence-corrected chi connectivity index (χ1v) is 8.71. The van der Waals surface area contributed by atoms with E-state index in [4.69, 9.17) is 16.3 Å². The molecular formula is C18H14BrClN2O4. The molecular weight excluding hydrogens is 424 g/mol. The van der Waals surface area contributed by atoms with Crippen LogP contribution in [-0.4, -0.2) is 29.1 Å². The minimum Gasteiger partial charge on any atom is -0.503 e. The smallest absolute Gasteiger partial charge is 0.329 e. The lowest BCUT2D eigenvalue weighted by atomic mass is 10.1. The number of carbonyl (C=O) groups excluding carboxylic acids is 2. The van der Waals surface area contributed by atoms with E-state index in [-0.39, 0.29) is 23.7 Å². The van der Waals surface area contributed by atoms with E-state index in [0.717, 1.165) is 10.5 Å². The van der Waals surface area contributed by atoms with Gasteiger partial charge in [0.15, 0.2) is 11.5 Å². The fraction of sp³-hybridized carbons (Fsp3) is 0.111. The van der Waals surface area contributed by atoms with Gasteiger partial charge in [-0.15, -0.1) is 0 Å². The lowest BCUT2D eigenvalue weighted by molar-refractivity contribution is -0.123. The monoisotopic (exact) mass is 436 g/mol. The van der Waals surface area contributed by atoms with Gasteiger partial charge in [-0.2, -0.15) is 0 Å². The third-order valence-corrected chi connectivity index (χ3v) is 4.65. The number of rotatable bonds is 4. The van der Waals surface area contributed by atoms with E-state index in [9.17, 15) is 14.7 Å².